The van der Waals surface area contributed by atoms with Crippen LogP contribution in [0.4, 0.5) is 0 Å². The van der Waals surface area contributed by atoms with Crippen molar-refractivity contribution in [1.29, 1.82) is 0 Å². The minimum atomic E-state index is -0.412. The topological polar surface area (TPSA) is 72.2 Å². The molecule has 0 fully saturated rings. The first-order valence-electron chi connectivity index (χ1n) is 3.79. The van der Waals surface area contributed by atoms with Gasteiger partial charge < -0.3 is 9.73 Å². The van der Waals surface area contributed by atoms with Crippen LogP contribution in [0.2, 0.25) is 0 Å². The monoisotopic (exact) mass is 182 g/mol. The highest BCUT2D eigenvalue weighted by atomic mass is 16.3. The van der Waals surface area contributed by atoms with Crippen molar-refractivity contribution in [2.45, 2.75) is 13.8 Å². The summed E-state index contributed by atoms with van der Waals surface area (Å²) in [7, 11) is 0. The van der Waals surface area contributed by atoms with Crippen molar-refractivity contribution in [2.75, 3.05) is 6.54 Å². The van der Waals surface area contributed by atoms with Crippen molar-refractivity contribution in [3.8, 4) is 0 Å². The molecule has 0 spiro atoms. The second-order valence-electron chi connectivity index (χ2n) is 2.65. The molecule has 0 radical (unpaired) electrons. The lowest BCUT2D eigenvalue weighted by Gasteiger charge is -1.98. The second kappa shape index (κ2) is 3.84. The van der Waals surface area contributed by atoms with Gasteiger partial charge in [-0.3, -0.25) is 9.59 Å². The Morgan fingerprint density at radius 2 is 2.31 bits per heavy atom. The molecular weight excluding hydrogens is 172 g/mol. The molecule has 0 aromatic carbocycles. The third kappa shape index (κ3) is 2.40. The van der Waals surface area contributed by atoms with Crippen LogP contribution < -0.4 is 5.32 Å². The summed E-state index contributed by atoms with van der Waals surface area (Å²) in [6, 6.07) is 0. The van der Waals surface area contributed by atoms with E-state index >= 15 is 0 Å². The molecule has 1 amide bonds. The highest BCUT2D eigenvalue weighted by Gasteiger charge is 2.13. The summed E-state index contributed by atoms with van der Waals surface area (Å²) in [5.74, 6) is -0.364. The molecule has 0 bridgehead atoms. The highest BCUT2D eigenvalue weighted by Crippen LogP contribution is 2.03. The second-order valence-corrected chi connectivity index (χ2v) is 2.65. The van der Waals surface area contributed by atoms with Crippen LogP contribution in [0.3, 0.4) is 0 Å². The van der Waals surface area contributed by atoms with Gasteiger partial charge in [0.25, 0.3) is 5.91 Å². The van der Waals surface area contributed by atoms with E-state index in [0.29, 0.717) is 5.69 Å². The van der Waals surface area contributed by atoms with Crippen LogP contribution >= 0.6 is 0 Å². The fraction of sp³-hybridized carbons (Fsp3) is 0.375. The standard InChI is InChI=1S/C8H10N2O3/c1-5(11)3-9-8(12)7-6(2)10-4-13-7/h4H,3H2,1-2H3,(H,9,12). The Hall–Kier alpha value is -1.65. The molecule has 0 unspecified atom stereocenters. The number of ketones is 1. The molecule has 1 aromatic heterocycles. The number of nitrogens with zero attached hydrogens (tertiary/aromatic N) is 1. The molecule has 0 aliphatic carbocycles. The van der Waals surface area contributed by atoms with E-state index in [9.17, 15) is 9.59 Å². The fourth-order valence-corrected chi connectivity index (χ4v) is 0.805. The average molecular weight is 182 g/mol. The van der Waals surface area contributed by atoms with Gasteiger partial charge in [-0.2, -0.15) is 0 Å². The number of carbonyl (C=O) groups excluding carboxylic acids is 2. The Morgan fingerprint density at radius 1 is 1.62 bits per heavy atom. The first-order chi connectivity index (χ1) is 6.11. The van der Waals surface area contributed by atoms with E-state index in [2.05, 4.69) is 10.3 Å². The minimum absolute atomic E-state index is 0.0129. The van der Waals surface area contributed by atoms with Crippen LogP contribution in [0, 0.1) is 6.92 Å². The molecule has 1 aromatic rings. The van der Waals surface area contributed by atoms with Crippen LogP contribution in [0.5, 0.6) is 0 Å². The molecular formula is C8H10N2O3. The van der Waals surface area contributed by atoms with Crippen LogP contribution in [0.1, 0.15) is 23.2 Å². The van der Waals surface area contributed by atoms with Crippen LogP contribution in [-0.4, -0.2) is 23.2 Å². The number of aromatic nitrogens is 1. The molecule has 13 heavy (non-hydrogen) atoms. The predicted molar refractivity (Wildman–Crippen MR) is 44.3 cm³/mol. The molecule has 0 aliphatic heterocycles. The van der Waals surface area contributed by atoms with Crippen molar-refractivity contribution in [2.24, 2.45) is 0 Å². The number of hydrogen-bond donors (Lipinski definition) is 1. The van der Waals surface area contributed by atoms with Gasteiger partial charge in [0.2, 0.25) is 5.76 Å². The molecule has 70 valence electrons. The lowest BCUT2D eigenvalue weighted by atomic mass is 10.3. The number of rotatable bonds is 3. The van der Waals surface area contributed by atoms with Gasteiger partial charge in [-0.05, 0) is 13.8 Å². The number of aryl methyl sites for hydroxylation is 1. The first-order valence-corrected chi connectivity index (χ1v) is 3.79. The molecule has 1 N–H and O–H groups in total. The Kier molecular flexibility index (Phi) is 2.79. The van der Waals surface area contributed by atoms with Gasteiger partial charge in [-0.1, -0.05) is 0 Å². The first kappa shape index (κ1) is 9.44. The Bertz CT molecular complexity index is 330. The molecule has 0 atom stereocenters. The summed E-state index contributed by atoms with van der Waals surface area (Å²) in [5, 5.41) is 2.40. The third-order valence-electron chi connectivity index (χ3n) is 1.45. The van der Waals surface area contributed by atoms with E-state index < -0.39 is 5.91 Å². The quantitative estimate of drug-likeness (QED) is 0.729. The van der Waals surface area contributed by atoms with E-state index in [-0.39, 0.29) is 18.1 Å². The Labute approximate surface area is 75.1 Å². The van der Waals surface area contributed by atoms with Gasteiger partial charge in [0.1, 0.15) is 5.78 Å². The van der Waals surface area contributed by atoms with E-state index in [1.54, 1.807) is 6.92 Å². The Morgan fingerprint density at radius 3 is 2.77 bits per heavy atom. The van der Waals surface area contributed by atoms with Crippen LogP contribution in [0.25, 0.3) is 0 Å². The van der Waals surface area contributed by atoms with Crippen molar-refractivity contribution >= 4 is 11.7 Å². The summed E-state index contributed by atoms with van der Waals surface area (Å²) in [4.78, 5) is 25.5. The molecule has 1 heterocycles. The summed E-state index contributed by atoms with van der Waals surface area (Å²) < 4.78 is 4.82. The molecule has 5 heteroatoms. The number of nitrogens with one attached hydrogen (secondary N) is 1. The highest BCUT2D eigenvalue weighted by molar-refractivity contribution is 5.94. The van der Waals surface area contributed by atoms with Gasteiger partial charge in [-0.25, -0.2) is 4.98 Å². The van der Waals surface area contributed by atoms with E-state index in [4.69, 9.17) is 4.42 Å². The zero-order valence-corrected chi connectivity index (χ0v) is 7.46. The summed E-state index contributed by atoms with van der Waals surface area (Å²) in [5.41, 5.74) is 0.515. The van der Waals surface area contributed by atoms with Gasteiger partial charge in [-0.15, -0.1) is 0 Å². The Balaban J connectivity index is 2.59. The summed E-state index contributed by atoms with van der Waals surface area (Å²) >= 11 is 0. The van der Waals surface area contributed by atoms with Crippen molar-refractivity contribution < 1.29 is 14.0 Å². The fourth-order valence-electron chi connectivity index (χ4n) is 0.805. The zero-order valence-electron chi connectivity index (χ0n) is 7.46. The number of hydrogen-bond acceptors (Lipinski definition) is 4. The lowest BCUT2D eigenvalue weighted by Crippen LogP contribution is -2.28. The zero-order chi connectivity index (χ0) is 9.84. The largest absolute Gasteiger partial charge is 0.438 e. The normalized spacial score (nSPS) is 9.69. The van der Waals surface area contributed by atoms with Gasteiger partial charge in [0.05, 0.1) is 12.2 Å². The predicted octanol–water partition coefficient (Wildman–Crippen LogP) is 0.302. The lowest BCUT2D eigenvalue weighted by molar-refractivity contribution is -0.116. The van der Waals surface area contributed by atoms with Crippen molar-refractivity contribution in [3.05, 3.63) is 17.8 Å². The van der Waals surface area contributed by atoms with Crippen LogP contribution in [0.15, 0.2) is 10.8 Å². The summed E-state index contributed by atoms with van der Waals surface area (Å²) in [6.07, 6.45) is 1.19. The number of Topliss-reactive ketones (excluding diaryl/α,β-unsaturated/α-hetero) is 1. The molecule has 0 saturated heterocycles. The number of amides is 1. The van der Waals surface area contributed by atoms with Gasteiger partial charge >= 0.3 is 0 Å². The molecule has 5 nitrogen and oxygen atoms in total. The van der Waals surface area contributed by atoms with Crippen LogP contribution in [-0.2, 0) is 4.79 Å². The van der Waals surface area contributed by atoms with Crippen molar-refractivity contribution in [1.82, 2.24) is 10.3 Å². The van der Waals surface area contributed by atoms with E-state index in [1.165, 1.54) is 13.3 Å². The average Bonchev–Trinajstić information content (AvgIpc) is 2.47. The van der Waals surface area contributed by atoms with E-state index in [1.807, 2.05) is 0 Å². The number of carbonyl (C=O) groups is 2. The summed E-state index contributed by atoms with van der Waals surface area (Å²) in [6.45, 7) is 3.07. The van der Waals surface area contributed by atoms with E-state index in [0.717, 1.165) is 0 Å². The maximum atomic E-state index is 11.2. The molecule has 0 saturated carbocycles. The van der Waals surface area contributed by atoms with Gasteiger partial charge in [0.15, 0.2) is 6.39 Å². The smallest absolute Gasteiger partial charge is 0.289 e. The maximum Gasteiger partial charge on any atom is 0.289 e. The maximum absolute atomic E-state index is 11.2. The SMILES string of the molecule is CC(=O)CNC(=O)c1ocnc1C. The third-order valence-corrected chi connectivity index (χ3v) is 1.45. The molecule has 1 rings (SSSR count). The van der Waals surface area contributed by atoms with Crippen molar-refractivity contribution in [3.63, 3.8) is 0 Å². The molecule has 0 aliphatic rings. The van der Waals surface area contributed by atoms with Gasteiger partial charge in [0, 0.05) is 0 Å². The minimum Gasteiger partial charge on any atom is -0.438 e. The number of oxazole rings is 1.